The maximum atomic E-state index is 12.7. The van der Waals surface area contributed by atoms with E-state index in [1.807, 2.05) is 43.3 Å². The van der Waals surface area contributed by atoms with Crippen molar-refractivity contribution in [3.05, 3.63) is 87.8 Å². The van der Waals surface area contributed by atoms with E-state index in [1.54, 1.807) is 29.0 Å². The molecule has 0 aliphatic rings. The van der Waals surface area contributed by atoms with Crippen LogP contribution in [0.5, 0.6) is 0 Å². The summed E-state index contributed by atoms with van der Waals surface area (Å²) in [4.78, 5) is 24.5. The molecule has 132 valence electrons. The molecule has 3 rings (SSSR count). The van der Waals surface area contributed by atoms with Gasteiger partial charge in [0, 0.05) is 18.8 Å². The normalized spacial score (nSPS) is 10.5. The molecule has 0 radical (unpaired) electrons. The van der Waals surface area contributed by atoms with E-state index >= 15 is 0 Å². The van der Waals surface area contributed by atoms with Crippen molar-refractivity contribution in [3.63, 3.8) is 0 Å². The van der Waals surface area contributed by atoms with Crippen molar-refractivity contribution in [2.45, 2.75) is 19.9 Å². The van der Waals surface area contributed by atoms with E-state index in [2.05, 4.69) is 5.32 Å². The topological polar surface area (TPSA) is 51.1 Å². The summed E-state index contributed by atoms with van der Waals surface area (Å²) >= 11 is 6.23. The highest BCUT2D eigenvalue weighted by Crippen LogP contribution is 2.25. The average Bonchev–Trinajstić information content (AvgIpc) is 2.65. The molecule has 0 spiro atoms. The van der Waals surface area contributed by atoms with Crippen LogP contribution in [0, 0.1) is 0 Å². The monoisotopic (exact) mass is 366 g/mol. The van der Waals surface area contributed by atoms with Crippen LogP contribution in [0.25, 0.3) is 11.1 Å². The van der Waals surface area contributed by atoms with E-state index in [9.17, 15) is 9.59 Å². The summed E-state index contributed by atoms with van der Waals surface area (Å²) in [6, 6.07) is 18.2. The maximum absolute atomic E-state index is 12.7. The van der Waals surface area contributed by atoms with Crippen molar-refractivity contribution >= 4 is 23.2 Å². The fourth-order valence-electron chi connectivity index (χ4n) is 2.73. The van der Waals surface area contributed by atoms with E-state index in [1.165, 1.54) is 6.07 Å². The van der Waals surface area contributed by atoms with Gasteiger partial charge >= 0.3 is 0 Å². The molecular weight excluding hydrogens is 348 g/mol. The number of amides is 1. The number of nitrogens with one attached hydrogen (secondary N) is 1. The Kier molecular flexibility index (Phi) is 5.54. The van der Waals surface area contributed by atoms with Crippen LogP contribution in [0.4, 0.5) is 5.69 Å². The molecule has 0 unspecified atom stereocenters. The Morgan fingerprint density at radius 2 is 1.81 bits per heavy atom. The van der Waals surface area contributed by atoms with Gasteiger partial charge in [-0.25, -0.2) is 0 Å². The van der Waals surface area contributed by atoms with Gasteiger partial charge in [0.1, 0.15) is 0 Å². The van der Waals surface area contributed by atoms with E-state index in [0.29, 0.717) is 22.8 Å². The zero-order valence-corrected chi connectivity index (χ0v) is 15.2. The summed E-state index contributed by atoms with van der Waals surface area (Å²) < 4.78 is 1.58. The Labute approximate surface area is 157 Å². The minimum atomic E-state index is -0.311. The second-order valence-electron chi connectivity index (χ2n) is 5.96. The molecule has 0 saturated heterocycles. The van der Waals surface area contributed by atoms with Gasteiger partial charge in [-0.2, -0.15) is 0 Å². The number of pyridine rings is 1. The molecule has 0 aliphatic heterocycles. The lowest BCUT2D eigenvalue weighted by Gasteiger charge is -2.11. The van der Waals surface area contributed by atoms with Gasteiger partial charge in [-0.05, 0) is 35.7 Å². The quantitative estimate of drug-likeness (QED) is 0.703. The van der Waals surface area contributed by atoms with Crippen LogP contribution >= 0.6 is 11.6 Å². The third-order valence-corrected chi connectivity index (χ3v) is 4.35. The molecule has 3 aromatic rings. The molecule has 5 heteroatoms. The smallest absolute Gasteiger partial charge is 0.257 e. The number of benzene rings is 2. The molecule has 4 nitrogen and oxygen atoms in total. The minimum Gasteiger partial charge on any atom is -0.321 e. The molecule has 1 aromatic heterocycles. The van der Waals surface area contributed by atoms with E-state index in [-0.39, 0.29) is 11.5 Å². The van der Waals surface area contributed by atoms with Gasteiger partial charge in [-0.1, -0.05) is 54.9 Å². The van der Waals surface area contributed by atoms with E-state index in [4.69, 9.17) is 11.6 Å². The van der Waals surface area contributed by atoms with Crippen molar-refractivity contribution in [3.8, 4) is 11.1 Å². The zero-order chi connectivity index (χ0) is 18.5. The first kappa shape index (κ1) is 18.0. The van der Waals surface area contributed by atoms with Crippen LogP contribution in [-0.2, 0) is 6.54 Å². The lowest BCUT2D eigenvalue weighted by Crippen LogP contribution is -2.20. The molecule has 1 amide bonds. The van der Waals surface area contributed by atoms with Gasteiger partial charge in [0.25, 0.3) is 11.5 Å². The summed E-state index contributed by atoms with van der Waals surface area (Å²) in [5.74, 6) is -0.311. The lowest BCUT2D eigenvalue weighted by atomic mass is 10.0. The fraction of sp³-hybridized carbons (Fsp3) is 0.143. The number of anilines is 1. The Morgan fingerprint density at radius 3 is 2.54 bits per heavy atom. The largest absolute Gasteiger partial charge is 0.321 e. The van der Waals surface area contributed by atoms with Crippen LogP contribution in [-0.4, -0.2) is 10.5 Å². The minimum absolute atomic E-state index is 0.0889. The number of rotatable bonds is 5. The highest BCUT2D eigenvalue weighted by atomic mass is 35.5. The molecule has 26 heavy (non-hydrogen) atoms. The molecule has 0 aliphatic carbocycles. The van der Waals surface area contributed by atoms with Crippen molar-refractivity contribution in [1.82, 2.24) is 4.57 Å². The van der Waals surface area contributed by atoms with Crippen molar-refractivity contribution in [2.24, 2.45) is 0 Å². The highest BCUT2D eigenvalue weighted by molar-refractivity contribution is 6.34. The summed E-state index contributed by atoms with van der Waals surface area (Å²) in [5, 5.41) is 3.20. The lowest BCUT2D eigenvalue weighted by molar-refractivity contribution is 0.102. The molecule has 1 heterocycles. The van der Waals surface area contributed by atoms with Gasteiger partial charge in [-0.15, -0.1) is 0 Å². The summed E-state index contributed by atoms with van der Waals surface area (Å²) in [6.45, 7) is 2.60. The SMILES string of the molecule is CCCn1cc(NC(=O)c2cc(-c3ccccc3)ccc2Cl)ccc1=O. The number of hydrogen-bond acceptors (Lipinski definition) is 2. The third-order valence-electron chi connectivity index (χ3n) is 4.02. The maximum Gasteiger partial charge on any atom is 0.257 e. The summed E-state index contributed by atoms with van der Waals surface area (Å²) in [6.07, 6.45) is 2.49. The van der Waals surface area contributed by atoms with Crippen LogP contribution < -0.4 is 10.9 Å². The van der Waals surface area contributed by atoms with Gasteiger partial charge in [0.05, 0.1) is 16.3 Å². The summed E-state index contributed by atoms with van der Waals surface area (Å²) in [5.41, 5.74) is 2.78. The van der Waals surface area contributed by atoms with Crippen LogP contribution in [0.3, 0.4) is 0 Å². The second kappa shape index (κ2) is 8.02. The van der Waals surface area contributed by atoms with Crippen molar-refractivity contribution < 1.29 is 4.79 Å². The van der Waals surface area contributed by atoms with Gasteiger partial charge in [0.2, 0.25) is 0 Å². The average molecular weight is 367 g/mol. The predicted molar refractivity (Wildman–Crippen MR) is 106 cm³/mol. The first-order valence-corrected chi connectivity index (χ1v) is 8.83. The van der Waals surface area contributed by atoms with Crippen LogP contribution in [0.1, 0.15) is 23.7 Å². The van der Waals surface area contributed by atoms with Crippen LogP contribution in [0.2, 0.25) is 5.02 Å². The Bertz CT molecular complexity index is 981. The molecule has 2 aromatic carbocycles. The molecule has 0 saturated carbocycles. The Balaban J connectivity index is 1.88. The number of hydrogen-bond donors (Lipinski definition) is 1. The van der Waals surface area contributed by atoms with E-state index in [0.717, 1.165) is 17.5 Å². The predicted octanol–water partition coefficient (Wildman–Crippen LogP) is 4.83. The number of carbonyl (C=O) groups excluding carboxylic acids is 1. The first-order chi connectivity index (χ1) is 12.6. The standard InChI is InChI=1S/C21H19ClN2O2/c1-2-12-24-14-17(9-11-20(24)25)23-21(26)18-13-16(8-10-19(18)22)15-6-4-3-5-7-15/h3-11,13-14H,2,12H2,1H3,(H,23,26). The second-order valence-corrected chi connectivity index (χ2v) is 6.37. The number of aryl methyl sites for hydroxylation is 1. The molecule has 0 atom stereocenters. The van der Waals surface area contributed by atoms with Crippen LogP contribution in [0.15, 0.2) is 71.7 Å². The number of halogens is 1. The van der Waals surface area contributed by atoms with Gasteiger partial charge < -0.3 is 9.88 Å². The number of aromatic nitrogens is 1. The third kappa shape index (κ3) is 4.03. The zero-order valence-electron chi connectivity index (χ0n) is 14.4. The summed E-state index contributed by atoms with van der Waals surface area (Å²) in [7, 11) is 0. The van der Waals surface area contributed by atoms with Crippen molar-refractivity contribution in [1.29, 1.82) is 0 Å². The molecule has 0 bridgehead atoms. The molecular formula is C21H19ClN2O2. The van der Waals surface area contributed by atoms with Crippen molar-refractivity contribution in [2.75, 3.05) is 5.32 Å². The highest BCUT2D eigenvalue weighted by Gasteiger charge is 2.13. The molecule has 0 fully saturated rings. The number of nitrogens with zero attached hydrogens (tertiary/aromatic N) is 1. The molecule has 1 N–H and O–H groups in total. The van der Waals surface area contributed by atoms with Gasteiger partial charge in [-0.3, -0.25) is 9.59 Å². The Morgan fingerprint density at radius 1 is 1.04 bits per heavy atom. The Hall–Kier alpha value is -2.85. The van der Waals surface area contributed by atoms with Gasteiger partial charge in [0.15, 0.2) is 0 Å². The first-order valence-electron chi connectivity index (χ1n) is 8.45. The fourth-order valence-corrected chi connectivity index (χ4v) is 2.93. The number of carbonyl (C=O) groups is 1. The van der Waals surface area contributed by atoms with E-state index < -0.39 is 0 Å².